The maximum Gasteiger partial charge on any atom is 0.213 e. The number of nitrogens with zero attached hydrogens (tertiary/aromatic N) is 4. The maximum atomic E-state index is 14.4. The van der Waals surface area contributed by atoms with Gasteiger partial charge < -0.3 is 9.30 Å². The Hall–Kier alpha value is -3.50. The van der Waals surface area contributed by atoms with Crippen molar-refractivity contribution in [2.75, 3.05) is 6.61 Å². The highest BCUT2D eigenvalue weighted by molar-refractivity contribution is 6.30. The number of pyridine rings is 1. The van der Waals surface area contributed by atoms with Crippen LogP contribution in [-0.2, 0) is 0 Å². The molecular weight excluding hydrogens is 470 g/mol. The number of fused-ring (bicyclic) bond motifs is 1. The molecular formula is C27H23ClF2N4O. The fourth-order valence-corrected chi connectivity index (χ4v) is 5.00. The van der Waals surface area contributed by atoms with Crippen molar-refractivity contribution < 1.29 is 13.5 Å². The van der Waals surface area contributed by atoms with E-state index in [9.17, 15) is 8.78 Å². The van der Waals surface area contributed by atoms with E-state index in [0.29, 0.717) is 33.3 Å². The van der Waals surface area contributed by atoms with Crippen molar-refractivity contribution in [2.24, 2.45) is 5.92 Å². The molecule has 2 heterocycles. The molecule has 2 aromatic heterocycles. The number of benzene rings is 2. The Bertz CT molecular complexity index is 1370. The van der Waals surface area contributed by atoms with Gasteiger partial charge in [0.25, 0.3) is 0 Å². The molecule has 1 aliphatic rings. The molecule has 1 fully saturated rings. The van der Waals surface area contributed by atoms with Crippen LogP contribution in [0, 0.1) is 28.9 Å². The number of aromatic nitrogens is 3. The second kappa shape index (κ2) is 10.0. The molecule has 1 atom stereocenters. The monoisotopic (exact) mass is 492 g/mol. The second-order valence-corrected chi connectivity index (χ2v) is 9.28. The standard InChI is InChI=1S/C27H23ClF2N4O/c28-20-9-7-19(8-10-20)27-33-23-12-21(29)22(30)13-24(23)34(27)25(18-4-2-1-3-5-18)16-35-26-11-6-17(14-31)15-32-26/h6-13,15,18,25H,1-5,16H2. The van der Waals surface area contributed by atoms with Gasteiger partial charge in [0.15, 0.2) is 11.6 Å². The summed E-state index contributed by atoms with van der Waals surface area (Å²) in [5.74, 6) is -0.581. The Morgan fingerprint density at radius 3 is 2.49 bits per heavy atom. The van der Waals surface area contributed by atoms with Crippen molar-refractivity contribution in [3.8, 4) is 23.3 Å². The zero-order chi connectivity index (χ0) is 24.4. The molecule has 4 aromatic rings. The zero-order valence-electron chi connectivity index (χ0n) is 18.9. The molecule has 5 nitrogen and oxygen atoms in total. The predicted octanol–water partition coefficient (Wildman–Crippen LogP) is 7.10. The first-order chi connectivity index (χ1) is 17.0. The SMILES string of the molecule is N#Cc1ccc(OCC(C2CCCCC2)n2c(-c3ccc(Cl)cc3)nc3cc(F)c(F)cc32)nc1. The smallest absolute Gasteiger partial charge is 0.213 e. The van der Waals surface area contributed by atoms with Crippen LogP contribution in [0.5, 0.6) is 5.88 Å². The molecule has 2 aromatic carbocycles. The van der Waals surface area contributed by atoms with E-state index in [1.54, 1.807) is 24.3 Å². The molecule has 178 valence electrons. The summed E-state index contributed by atoms with van der Waals surface area (Å²) in [7, 11) is 0. The Morgan fingerprint density at radius 1 is 1.06 bits per heavy atom. The molecule has 0 spiro atoms. The summed E-state index contributed by atoms with van der Waals surface area (Å²) in [6.07, 6.45) is 6.84. The molecule has 0 N–H and O–H groups in total. The van der Waals surface area contributed by atoms with Gasteiger partial charge in [0.2, 0.25) is 5.88 Å². The first-order valence-electron chi connectivity index (χ1n) is 11.7. The second-order valence-electron chi connectivity index (χ2n) is 8.84. The van der Waals surface area contributed by atoms with Crippen molar-refractivity contribution in [2.45, 2.75) is 38.1 Å². The Balaban J connectivity index is 1.62. The number of rotatable bonds is 6. The van der Waals surface area contributed by atoms with Crippen molar-refractivity contribution in [3.05, 3.63) is 76.9 Å². The third kappa shape index (κ3) is 4.85. The number of nitriles is 1. The maximum absolute atomic E-state index is 14.4. The summed E-state index contributed by atoms with van der Waals surface area (Å²) < 4.78 is 36.6. The highest BCUT2D eigenvalue weighted by atomic mass is 35.5. The minimum Gasteiger partial charge on any atom is -0.475 e. The molecule has 0 saturated heterocycles. The van der Waals surface area contributed by atoms with Crippen LogP contribution < -0.4 is 4.74 Å². The Kier molecular flexibility index (Phi) is 6.65. The Labute approximate surface area is 207 Å². The molecule has 8 heteroatoms. The fraction of sp³-hybridized carbons (Fsp3) is 0.296. The van der Waals surface area contributed by atoms with E-state index in [-0.39, 0.29) is 18.6 Å². The first kappa shape index (κ1) is 23.3. The molecule has 5 rings (SSSR count). The molecule has 0 bridgehead atoms. The van der Waals surface area contributed by atoms with Crippen molar-refractivity contribution in [3.63, 3.8) is 0 Å². The largest absolute Gasteiger partial charge is 0.475 e. The third-order valence-electron chi connectivity index (χ3n) is 6.63. The molecule has 0 radical (unpaired) electrons. The van der Waals surface area contributed by atoms with Crippen LogP contribution in [-0.4, -0.2) is 21.1 Å². The lowest BCUT2D eigenvalue weighted by Gasteiger charge is -2.32. The van der Waals surface area contributed by atoms with Gasteiger partial charge in [-0.05, 0) is 49.1 Å². The van der Waals surface area contributed by atoms with E-state index in [1.165, 1.54) is 18.7 Å². The van der Waals surface area contributed by atoms with Gasteiger partial charge in [-0.25, -0.2) is 18.7 Å². The minimum atomic E-state index is -0.933. The van der Waals surface area contributed by atoms with Crippen LogP contribution in [0.4, 0.5) is 8.78 Å². The van der Waals surface area contributed by atoms with Crippen LogP contribution in [0.25, 0.3) is 22.4 Å². The Morgan fingerprint density at radius 2 is 1.80 bits per heavy atom. The lowest BCUT2D eigenvalue weighted by atomic mass is 9.83. The van der Waals surface area contributed by atoms with Crippen molar-refractivity contribution in [1.29, 1.82) is 5.26 Å². The average molecular weight is 493 g/mol. The number of hydrogen-bond donors (Lipinski definition) is 0. The van der Waals surface area contributed by atoms with Gasteiger partial charge in [-0.2, -0.15) is 5.26 Å². The predicted molar refractivity (Wildman–Crippen MR) is 130 cm³/mol. The minimum absolute atomic E-state index is 0.187. The summed E-state index contributed by atoms with van der Waals surface area (Å²) >= 11 is 6.11. The quantitative estimate of drug-likeness (QED) is 0.288. The van der Waals surface area contributed by atoms with Crippen LogP contribution in [0.2, 0.25) is 5.02 Å². The molecule has 1 aliphatic carbocycles. The van der Waals surface area contributed by atoms with E-state index >= 15 is 0 Å². The van der Waals surface area contributed by atoms with E-state index in [1.807, 2.05) is 22.8 Å². The summed E-state index contributed by atoms with van der Waals surface area (Å²) in [4.78, 5) is 8.95. The molecule has 0 amide bonds. The van der Waals surface area contributed by atoms with E-state index in [2.05, 4.69) is 4.98 Å². The topological polar surface area (TPSA) is 63.7 Å². The van der Waals surface area contributed by atoms with Crippen molar-refractivity contribution in [1.82, 2.24) is 14.5 Å². The number of halogens is 3. The van der Waals surface area contributed by atoms with E-state index < -0.39 is 11.6 Å². The van der Waals surface area contributed by atoms with Crippen molar-refractivity contribution >= 4 is 22.6 Å². The number of imidazole rings is 1. The normalized spacial score (nSPS) is 15.1. The molecule has 1 saturated carbocycles. The van der Waals surface area contributed by atoms with Gasteiger partial charge in [-0.15, -0.1) is 0 Å². The highest BCUT2D eigenvalue weighted by Gasteiger charge is 2.30. The van der Waals surface area contributed by atoms with E-state index in [4.69, 9.17) is 26.6 Å². The summed E-state index contributed by atoms with van der Waals surface area (Å²) in [6.45, 7) is 0.272. The van der Waals surface area contributed by atoms with E-state index in [0.717, 1.165) is 37.3 Å². The van der Waals surface area contributed by atoms with Crippen LogP contribution in [0.15, 0.2) is 54.7 Å². The van der Waals surface area contributed by atoms with Gasteiger partial charge in [0.1, 0.15) is 18.5 Å². The number of hydrogen-bond acceptors (Lipinski definition) is 4. The van der Waals surface area contributed by atoms with Crippen LogP contribution in [0.3, 0.4) is 0 Å². The van der Waals surface area contributed by atoms with Crippen LogP contribution in [0.1, 0.15) is 43.7 Å². The lowest BCUT2D eigenvalue weighted by molar-refractivity contribution is 0.166. The number of ether oxygens (including phenoxy) is 1. The van der Waals surface area contributed by atoms with Gasteiger partial charge in [-0.1, -0.05) is 30.9 Å². The zero-order valence-corrected chi connectivity index (χ0v) is 19.7. The van der Waals surface area contributed by atoms with Gasteiger partial charge >= 0.3 is 0 Å². The molecule has 1 unspecified atom stereocenters. The fourth-order valence-electron chi connectivity index (χ4n) is 4.87. The third-order valence-corrected chi connectivity index (χ3v) is 6.88. The van der Waals surface area contributed by atoms with Gasteiger partial charge in [0.05, 0.1) is 22.6 Å². The first-order valence-corrected chi connectivity index (χ1v) is 12.0. The summed E-state index contributed by atoms with van der Waals surface area (Å²) in [5.41, 5.74) is 2.14. The lowest BCUT2D eigenvalue weighted by Crippen LogP contribution is -2.28. The summed E-state index contributed by atoms with van der Waals surface area (Å²) in [6, 6.07) is 14.8. The van der Waals surface area contributed by atoms with Gasteiger partial charge in [0, 0.05) is 35.0 Å². The summed E-state index contributed by atoms with van der Waals surface area (Å²) in [5, 5.41) is 9.62. The molecule has 0 aliphatic heterocycles. The molecule has 35 heavy (non-hydrogen) atoms. The average Bonchev–Trinajstić information content (AvgIpc) is 3.23. The van der Waals surface area contributed by atoms with Crippen LogP contribution >= 0.6 is 11.6 Å². The highest BCUT2D eigenvalue weighted by Crippen LogP contribution is 2.39. The van der Waals surface area contributed by atoms with Gasteiger partial charge in [-0.3, -0.25) is 0 Å².